The van der Waals surface area contributed by atoms with Gasteiger partial charge in [0.1, 0.15) is 5.69 Å². The molecule has 1 heterocycles. The number of carbonyl (C=O) groups is 2. The molecule has 0 amide bonds. The number of aromatic amines is 1. The van der Waals surface area contributed by atoms with Crippen molar-refractivity contribution in [1.29, 1.82) is 0 Å². The summed E-state index contributed by atoms with van der Waals surface area (Å²) in [6.45, 7) is 4.12. The summed E-state index contributed by atoms with van der Waals surface area (Å²) in [5.74, 6) is -0.419. The molecule has 1 aromatic heterocycles. The molecular weight excluding hydrogens is 489 g/mol. The van der Waals surface area contributed by atoms with Crippen LogP contribution in [0.4, 0.5) is 0 Å². The smallest absolute Gasteiger partial charge is 0.361 e. The Balaban J connectivity index is 1.98. The van der Waals surface area contributed by atoms with Gasteiger partial charge in [0.2, 0.25) is 0 Å². The summed E-state index contributed by atoms with van der Waals surface area (Å²) in [6.07, 6.45) is 0. The van der Waals surface area contributed by atoms with Gasteiger partial charge in [0.05, 0.1) is 22.3 Å². The first kappa shape index (κ1) is 20.8. The summed E-state index contributed by atoms with van der Waals surface area (Å²) < 4.78 is 16.9. The highest BCUT2D eigenvalue weighted by Gasteiger charge is 2.23. The van der Waals surface area contributed by atoms with Crippen molar-refractivity contribution in [3.8, 4) is 22.8 Å². The molecule has 0 aliphatic carbocycles. The van der Waals surface area contributed by atoms with Crippen molar-refractivity contribution in [2.24, 2.45) is 0 Å². The number of hydrogen-bond acceptors (Lipinski definition) is 7. The maximum atomic E-state index is 12.5. The molecule has 0 aliphatic rings. The zero-order chi connectivity index (χ0) is 20.8. The van der Waals surface area contributed by atoms with Crippen molar-refractivity contribution < 1.29 is 23.8 Å². The monoisotopic (exact) mass is 507 g/mol. The molecule has 9 heteroatoms. The standard InChI is InChI=1S/C20H18IN3O5/c1-3-27-15-11-13(16-17(23-24-22-16)20(26)28-4-2)10-14(21)18(15)29-19(25)12-8-6-5-7-9-12/h5-11H,3-4H2,1-2H3,(H,22,23,24). The number of esters is 2. The highest BCUT2D eigenvalue weighted by Crippen LogP contribution is 2.38. The van der Waals surface area contributed by atoms with Crippen LogP contribution < -0.4 is 9.47 Å². The largest absolute Gasteiger partial charge is 0.490 e. The molecule has 29 heavy (non-hydrogen) atoms. The maximum Gasteiger partial charge on any atom is 0.361 e. The molecule has 0 radical (unpaired) electrons. The Morgan fingerprint density at radius 1 is 1.03 bits per heavy atom. The van der Waals surface area contributed by atoms with Gasteiger partial charge in [0.15, 0.2) is 17.2 Å². The molecule has 3 aromatic rings. The Hall–Kier alpha value is -2.95. The van der Waals surface area contributed by atoms with Crippen molar-refractivity contribution >= 4 is 34.5 Å². The predicted molar refractivity (Wildman–Crippen MR) is 113 cm³/mol. The second-order valence-electron chi connectivity index (χ2n) is 5.72. The van der Waals surface area contributed by atoms with Gasteiger partial charge < -0.3 is 14.2 Å². The van der Waals surface area contributed by atoms with E-state index in [-0.39, 0.29) is 12.3 Å². The number of carbonyl (C=O) groups excluding carboxylic acids is 2. The molecule has 1 N–H and O–H groups in total. The van der Waals surface area contributed by atoms with E-state index in [9.17, 15) is 9.59 Å². The van der Waals surface area contributed by atoms with Crippen molar-refractivity contribution in [3.63, 3.8) is 0 Å². The Bertz CT molecular complexity index is 1020. The van der Waals surface area contributed by atoms with Crippen LogP contribution in [0.15, 0.2) is 42.5 Å². The van der Waals surface area contributed by atoms with E-state index in [0.717, 1.165) is 0 Å². The first-order valence-electron chi connectivity index (χ1n) is 8.87. The maximum absolute atomic E-state index is 12.5. The Morgan fingerprint density at radius 3 is 2.48 bits per heavy atom. The van der Waals surface area contributed by atoms with Crippen LogP contribution in [-0.2, 0) is 4.74 Å². The van der Waals surface area contributed by atoms with Crippen LogP contribution in [-0.4, -0.2) is 40.6 Å². The number of halogens is 1. The van der Waals surface area contributed by atoms with Gasteiger partial charge >= 0.3 is 11.9 Å². The van der Waals surface area contributed by atoms with E-state index in [1.54, 1.807) is 43.3 Å². The lowest BCUT2D eigenvalue weighted by Crippen LogP contribution is -2.11. The van der Waals surface area contributed by atoms with E-state index in [4.69, 9.17) is 14.2 Å². The summed E-state index contributed by atoms with van der Waals surface area (Å²) in [4.78, 5) is 24.6. The van der Waals surface area contributed by atoms with Crippen LogP contribution in [0.5, 0.6) is 11.5 Å². The zero-order valence-electron chi connectivity index (χ0n) is 15.8. The Morgan fingerprint density at radius 2 is 1.79 bits per heavy atom. The number of nitrogens with zero attached hydrogens (tertiary/aromatic N) is 2. The SMILES string of the molecule is CCOC(=O)c1n[nH]nc1-c1cc(I)c(OC(=O)c2ccccc2)c(OCC)c1. The van der Waals surface area contributed by atoms with E-state index < -0.39 is 11.9 Å². The lowest BCUT2D eigenvalue weighted by atomic mass is 10.1. The molecule has 0 saturated heterocycles. The number of benzene rings is 2. The molecule has 3 rings (SSSR count). The van der Waals surface area contributed by atoms with Gasteiger partial charge in [-0.2, -0.15) is 10.3 Å². The number of H-pyrrole nitrogens is 1. The van der Waals surface area contributed by atoms with Crippen molar-refractivity contribution in [2.45, 2.75) is 13.8 Å². The molecule has 8 nitrogen and oxygen atoms in total. The minimum absolute atomic E-state index is 0.0686. The number of rotatable bonds is 7. The first-order chi connectivity index (χ1) is 14.0. The molecule has 0 spiro atoms. The van der Waals surface area contributed by atoms with Crippen LogP contribution >= 0.6 is 22.6 Å². The van der Waals surface area contributed by atoms with Crippen LogP contribution in [0.3, 0.4) is 0 Å². The summed E-state index contributed by atoms with van der Waals surface area (Å²) in [7, 11) is 0. The average molecular weight is 507 g/mol. The van der Waals surface area contributed by atoms with E-state index in [1.165, 1.54) is 0 Å². The van der Waals surface area contributed by atoms with Crippen LogP contribution in [0.1, 0.15) is 34.7 Å². The normalized spacial score (nSPS) is 10.4. The van der Waals surface area contributed by atoms with Crippen LogP contribution in [0, 0.1) is 3.57 Å². The minimum Gasteiger partial charge on any atom is -0.490 e. The lowest BCUT2D eigenvalue weighted by Gasteiger charge is -2.14. The van der Waals surface area contributed by atoms with Crippen molar-refractivity contribution in [2.75, 3.05) is 13.2 Å². The Kier molecular flexibility index (Phi) is 6.81. The zero-order valence-corrected chi connectivity index (χ0v) is 17.9. The number of nitrogens with one attached hydrogen (secondary N) is 1. The van der Waals surface area contributed by atoms with Gasteiger partial charge in [-0.1, -0.05) is 18.2 Å². The molecule has 0 unspecified atom stereocenters. The van der Waals surface area contributed by atoms with Gasteiger partial charge in [0.25, 0.3) is 0 Å². The van der Waals surface area contributed by atoms with Crippen molar-refractivity contribution in [1.82, 2.24) is 15.4 Å². The minimum atomic E-state index is -0.580. The molecular formula is C20H18IN3O5. The average Bonchev–Trinajstić information content (AvgIpc) is 3.21. The van der Waals surface area contributed by atoms with Crippen LogP contribution in [0.2, 0.25) is 0 Å². The number of aromatic nitrogens is 3. The number of hydrogen-bond donors (Lipinski definition) is 1. The summed E-state index contributed by atoms with van der Waals surface area (Å²) >= 11 is 2.04. The van der Waals surface area contributed by atoms with Gasteiger partial charge in [0, 0.05) is 5.56 Å². The Labute approximate surface area is 180 Å². The third kappa shape index (κ3) is 4.73. The third-order valence-corrected chi connectivity index (χ3v) is 4.61. The second kappa shape index (κ2) is 9.50. The summed E-state index contributed by atoms with van der Waals surface area (Å²) in [5, 5.41) is 10.4. The predicted octanol–water partition coefficient (Wildman–Crippen LogP) is 3.87. The molecule has 150 valence electrons. The third-order valence-electron chi connectivity index (χ3n) is 3.80. The van der Waals surface area contributed by atoms with Gasteiger partial charge in [-0.05, 0) is 60.7 Å². The molecule has 2 aromatic carbocycles. The molecule has 0 aliphatic heterocycles. The fourth-order valence-corrected chi connectivity index (χ4v) is 3.28. The van der Waals surface area contributed by atoms with E-state index in [1.807, 2.05) is 35.6 Å². The van der Waals surface area contributed by atoms with Gasteiger partial charge in [-0.3, -0.25) is 0 Å². The van der Waals surface area contributed by atoms with Gasteiger partial charge in [-0.15, -0.1) is 5.10 Å². The van der Waals surface area contributed by atoms with E-state index in [2.05, 4.69) is 15.4 Å². The van der Waals surface area contributed by atoms with Crippen molar-refractivity contribution in [3.05, 3.63) is 57.3 Å². The van der Waals surface area contributed by atoms with Crippen LogP contribution in [0.25, 0.3) is 11.3 Å². The summed E-state index contributed by atoms with van der Waals surface area (Å²) in [6, 6.07) is 12.1. The highest BCUT2D eigenvalue weighted by atomic mass is 127. The molecule has 0 bridgehead atoms. The first-order valence-corrected chi connectivity index (χ1v) is 9.94. The fraction of sp³-hybridized carbons (Fsp3) is 0.200. The lowest BCUT2D eigenvalue weighted by molar-refractivity contribution is 0.0520. The van der Waals surface area contributed by atoms with E-state index >= 15 is 0 Å². The second-order valence-corrected chi connectivity index (χ2v) is 6.88. The van der Waals surface area contributed by atoms with Gasteiger partial charge in [-0.25, -0.2) is 9.59 Å². The topological polar surface area (TPSA) is 103 Å². The quantitative estimate of drug-likeness (QED) is 0.294. The fourth-order valence-electron chi connectivity index (χ4n) is 2.57. The van der Waals surface area contributed by atoms with E-state index in [0.29, 0.717) is 38.5 Å². The highest BCUT2D eigenvalue weighted by molar-refractivity contribution is 14.1. The molecule has 0 fully saturated rings. The molecule has 0 saturated carbocycles. The number of ether oxygens (including phenoxy) is 3. The summed E-state index contributed by atoms with van der Waals surface area (Å²) in [5.41, 5.74) is 1.40. The molecule has 0 atom stereocenters.